The lowest BCUT2D eigenvalue weighted by Crippen LogP contribution is -2.42. The van der Waals surface area contributed by atoms with Gasteiger partial charge in [-0.1, -0.05) is 15.9 Å². The number of nitrogens with zero attached hydrogens (tertiary/aromatic N) is 1. The highest BCUT2D eigenvalue weighted by Crippen LogP contribution is 2.16. The molecule has 1 heterocycles. The van der Waals surface area contributed by atoms with Gasteiger partial charge in [0.25, 0.3) is 0 Å². The Kier molecular flexibility index (Phi) is 5.22. The van der Waals surface area contributed by atoms with Gasteiger partial charge >= 0.3 is 0 Å². The molecule has 1 fully saturated rings. The molecule has 1 N–H and O–H groups in total. The van der Waals surface area contributed by atoms with E-state index in [9.17, 15) is 9.90 Å². The minimum Gasteiger partial charge on any atom is -0.493 e. The lowest BCUT2D eigenvalue weighted by Gasteiger charge is -2.30. The number of β-amino-alcohol motifs (C(OH)–C–C–N with tert-alkyl or cyclic N) is 1. The number of aliphatic hydroxyl groups is 1. The fraction of sp³-hybridized carbons (Fsp3) is 0.500. The van der Waals surface area contributed by atoms with Crippen molar-refractivity contribution in [1.29, 1.82) is 0 Å². The fourth-order valence-electron chi connectivity index (χ4n) is 2.13. The first-order chi connectivity index (χ1) is 9.15. The Balaban J connectivity index is 1.73. The average molecular weight is 328 g/mol. The highest BCUT2D eigenvalue weighted by Gasteiger charge is 2.21. The molecule has 19 heavy (non-hydrogen) atoms. The molecule has 1 saturated heterocycles. The van der Waals surface area contributed by atoms with Crippen molar-refractivity contribution in [3.63, 3.8) is 0 Å². The molecular weight excluding hydrogens is 310 g/mol. The van der Waals surface area contributed by atoms with Gasteiger partial charge < -0.3 is 14.7 Å². The molecular formula is C14H18BrNO3. The zero-order valence-corrected chi connectivity index (χ0v) is 12.3. The van der Waals surface area contributed by atoms with Crippen molar-refractivity contribution in [3.8, 4) is 5.75 Å². The van der Waals surface area contributed by atoms with Gasteiger partial charge in [0.1, 0.15) is 5.75 Å². The third-order valence-electron chi connectivity index (χ3n) is 3.15. The second-order valence-electron chi connectivity index (χ2n) is 4.69. The molecule has 5 heteroatoms. The van der Waals surface area contributed by atoms with Gasteiger partial charge in [-0.25, -0.2) is 0 Å². The Morgan fingerprint density at radius 2 is 2.16 bits per heavy atom. The van der Waals surface area contributed by atoms with Crippen LogP contribution in [-0.2, 0) is 4.79 Å². The maximum atomic E-state index is 11.9. The molecule has 0 saturated carbocycles. The van der Waals surface area contributed by atoms with E-state index in [1.165, 1.54) is 0 Å². The second kappa shape index (κ2) is 6.91. The van der Waals surface area contributed by atoms with E-state index in [-0.39, 0.29) is 12.0 Å². The summed E-state index contributed by atoms with van der Waals surface area (Å²) in [6.07, 6.45) is 1.65. The van der Waals surface area contributed by atoms with Crippen LogP contribution in [0.4, 0.5) is 0 Å². The highest BCUT2D eigenvalue weighted by molar-refractivity contribution is 9.10. The van der Waals surface area contributed by atoms with Crippen molar-refractivity contribution in [3.05, 3.63) is 28.7 Å². The minimum absolute atomic E-state index is 0.0517. The van der Waals surface area contributed by atoms with E-state index in [4.69, 9.17) is 4.74 Å². The minimum atomic E-state index is -0.370. The van der Waals surface area contributed by atoms with Gasteiger partial charge in [-0.15, -0.1) is 0 Å². The van der Waals surface area contributed by atoms with Crippen molar-refractivity contribution in [1.82, 2.24) is 4.90 Å². The van der Waals surface area contributed by atoms with E-state index < -0.39 is 0 Å². The standard InChI is InChI=1S/C14H18BrNO3/c15-11-3-5-13(6-4-11)19-9-7-14(18)16-8-1-2-12(17)10-16/h3-6,12,17H,1-2,7-10H2. The normalized spacial score (nSPS) is 19.3. The number of likely N-dealkylation sites (tertiary alicyclic amines) is 1. The number of carbonyl (C=O) groups is 1. The maximum Gasteiger partial charge on any atom is 0.226 e. The topological polar surface area (TPSA) is 49.8 Å². The molecule has 0 radical (unpaired) electrons. The number of amides is 1. The van der Waals surface area contributed by atoms with Crippen LogP contribution < -0.4 is 4.74 Å². The molecule has 1 atom stereocenters. The molecule has 4 nitrogen and oxygen atoms in total. The van der Waals surface area contributed by atoms with Crippen LogP contribution >= 0.6 is 15.9 Å². The summed E-state index contributed by atoms with van der Waals surface area (Å²) in [5.74, 6) is 0.811. The molecule has 1 unspecified atom stereocenters. The predicted molar refractivity (Wildman–Crippen MR) is 76.1 cm³/mol. The highest BCUT2D eigenvalue weighted by atomic mass is 79.9. The Morgan fingerprint density at radius 3 is 2.84 bits per heavy atom. The first-order valence-electron chi connectivity index (χ1n) is 6.49. The van der Waals surface area contributed by atoms with Crippen LogP contribution in [0, 0.1) is 0 Å². The third-order valence-corrected chi connectivity index (χ3v) is 3.68. The first kappa shape index (κ1) is 14.3. The van der Waals surface area contributed by atoms with E-state index in [1.54, 1.807) is 4.90 Å². The largest absolute Gasteiger partial charge is 0.493 e. The molecule has 1 aliphatic heterocycles. The molecule has 1 aromatic rings. The molecule has 1 aromatic carbocycles. The SMILES string of the molecule is O=C(CCOc1ccc(Br)cc1)N1CCCC(O)C1. The second-order valence-corrected chi connectivity index (χ2v) is 5.60. The summed E-state index contributed by atoms with van der Waals surface area (Å²) in [5.41, 5.74) is 0. The van der Waals surface area contributed by atoms with E-state index >= 15 is 0 Å². The summed E-state index contributed by atoms with van der Waals surface area (Å²) < 4.78 is 6.52. The number of ether oxygens (including phenoxy) is 1. The smallest absolute Gasteiger partial charge is 0.226 e. The number of aliphatic hydroxyl groups excluding tert-OH is 1. The van der Waals surface area contributed by atoms with Gasteiger partial charge in [0.2, 0.25) is 5.91 Å². The van der Waals surface area contributed by atoms with E-state index in [0.717, 1.165) is 29.6 Å². The van der Waals surface area contributed by atoms with Crippen LogP contribution in [-0.4, -0.2) is 41.7 Å². The molecule has 0 aromatic heterocycles. The summed E-state index contributed by atoms with van der Waals surface area (Å²) in [6, 6.07) is 7.52. The molecule has 1 aliphatic rings. The van der Waals surface area contributed by atoms with E-state index in [2.05, 4.69) is 15.9 Å². The Morgan fingerprint density at radius 1 is 1.42 bits per heavy atom. The summed E-state index contributed by atoms with van der Waals surface area (Å²) in [7, 11) is 0. The molecule has 0 bridgehead atoms. The lowest BCUT2D eigenvalue weighted by molar-refractivity contribution is -0.134. The number of piperidine rings is 1. The molecule has 0 aliphatic carbocycles. The number of carbonyl (C=O) groups excluding carboxylic acids is 1. The van der Waals surface area contributed by atoms with Crippen molar-refractivity contribution < 1.29 is 14.6 Å². The number of benzene rings is 1. The maximum absolute atomic E-state index is 11.9. The van der Waals surface area contributed by atoms with Gasteiger partial charge in [0, 0.05) is 17.6 Å². The van der Waals surface area contributed by atoms with Crippen LogP contribution in [0.5, 0.6) is 5.75 Å². The molecule has 2 rings (SSSR count). The van der Waals surface area contributed by atoms with Crippen LogP contribution in [0.1, 0.15) is 19.3 Å². The number of halogens is 1. The van der Waals surface area contributed by atoms with Crippen LogP contribution in [0.3, 0.4) is 0 Å². The first-order valence-corrected chi connectivity index (χ1v) is 7.28. The number of hydrogen-bond acceptors (Lipinski definition) is 3. The molecule has 104 valence electrons. The van der Waals surface area contributed by atoms with Crippen molar-refractivity contribution >= 4 is 21.8 Å². The van der Waals surface area contributed by atoms with Crippen molar-refractivity contribution in [2.75, 3.05) is 19.7 Å². The van der Waals surface area contributed by atoms with E-state index in [1.807, 2.05) is 24.3 Å². The summed E-state index contributed by atoms with van der Waals surface area (Å²) in [4.78, 5) is 13.6. The van der Waals surface area contributed by atoms with Gasteiger partial charge in [-0.2, -0.15) is 0 Å². The van der Waals surface area contributed by atoms with Gasteiger partial charge in [-0.3, -0.25) is 4.79 Å². The van der Waals surface area contributed by atoms with Crippen LogP contribution in [0.2, 0.25) is 0 Å². The Bertz CT molecular complexity index is 421. The van der Waals surface area contributed by atoms with Crippen LogP contribution in [0.15, 0.2) is 28.7 Å². The Hall–Kier alpha value is -1.07. The number of rotatable bonds is 4. The van der Waals surface area contributed by atoms with Gasteiger partial charge in [-0.05, 0) is 37.1 Å². The summed E-state index contributed by atoms with van der Waals surface area (Å²) in [6.45, 7) is 1.57. The zero-order valence-electron chi connectivity index (χ0n) is 10.7. The van der Waals surface area contributed by atoms with Gasteiger partial charge in [0.05, 0.1) is 19.1 Å². The zero-order chi connectivity index (χ0) is 13.7. The monoisotopic (exact) mass is 327 g/mol. The van der Waals surface area contributed by atoms with Gasteiger partial charge in [0.15, 0.2) is 0 Å². The predicted octanol–water partition coefficient (Wildman–Crippen LogP) is 2.20. The fourth-order valence-corrected chi connectivity index (χ4v) is 2.39. The quantitative estimate of drug-likeness (QED) is 0.922. The van der Waals surface area contributed by atoms with Crippen LogP contribution in [0.25, 0.3) is 0 Å². The van der Waals surface area contributed by atoms with E-state index in [0.29, 0.717) is 19.6 Å². The summed E-state index contributed by atoms with van der Waals surface area (Å²) in [5, 5.41) is 9.53. The molecule has 0 spiro atoms. The third kappa shape index (κ3) is 4.51. The van der Waals surface area contributed by atoms with Crippen molar-refractivity contribution in [2.24, 2.45) is 0 Å². The number of hydrogen-bond donors (Lipinski definition) is 1. The van der Waals surface area contributed by atoms with Crippen molar-refractivity contribution in [2.45, 2.75) is 25.4 Å². The lowest BCUT2D eigenvalue weighted by atomic mass is 10.1. The Labute approximate surface area is 121 Å². The molecule has 1 amide bonds. The summed E-state index contributed by atoms with van der Waals surface area (Å²) >= 11 is 3.35. The average Bonchev–Trinajstić information content (AvgIpc) is 2.41.